The molecule has 82 valence electrons. The van der Waals surface area contributed by atoms with Crippen molar-refractivity contribution in [3.63, 3.8) is 0 Å². The molecular weight excluding hydrogens is 172 g/mol. The minimum absolute atomic E-state index is 0.547. The Morgan fingerprint density at radius 2 is 2.29 bits per heavy atom. The molecule has 2 fully saturated rings. The Labute approximate surface area is 88.1 Å². The highest BCUT2D eigenvalue weighted by molar-refractivity contribution is 4.88. The molecule has 0 radical (unpaired) electrons. The van der Waals surface area contributed by atoms with Crippen LogP contribution in [0, 0.1) is 5.41 Å². The predicted molar refractivity (Wildman–Crippen MR) is 60.5 cm³/mol. The first-order chi connectivity index (χ1) is 6.70. The largest absolute Gasteiger partial charge is 0.316 e. The first-order valence-corrected chi connectivity index (χ1v) is 6.14. The molecule has 2 nitrogen and oxygen atoms in total. The van der Waals surface area contributed by atoms with Gasteiger partial charge in [0.05, 0.1) is 0 Å². The van der Waals surface area contributed by atoms with Crippen molar-refractivity contribution in [3.05, 3.63) is 0 Å². The lowest BCUT2D eigenvalue weighted by Gasteiger charge is -2.38. The molecule has 2 heterocycles. The Bertz CT molecular complexity index is 185. The van der Waals surface area contributed by atoms with Crippen LogP contribution < -0.4 is 5.32 Å². The van der Waals surface area contributed by atoms with Gasteiger partial charge in [-0.15, -0.1) is 0 Å². The van der Waals surface area contributed by atoms with Gasteiger partial charge in [-0.2, -0.15) is 0 Å². The molecule has 1 N–H and O–H groups in total. The van der Waals surface area contributed by atoms with Crippen LogP contribution in [0.1, 0.15) is 39.5 Å². The standard InChI is InChI=1S/C12H24N2/c1-11-5-3-4-8-14(11)10-12(2)6-7-13-9-12/h11,13H,3-10H2,1-2H3. The Hall–Kier alpha value is -0.0800. The van der Waals surface area contributed by atoms with Gasteiger partial charge in [0.25, 0.3) is 0 Å². The third-order valence-corrected chi connectivity index (χ3v) is 3.98. The van der Waals surface area contributed by atoms with Gasteiger partial charge >= 0.3 is 0 Å². The van der Waals surface area contributed by atoms with E-state index < -0.39 is 0 Å². The molecule has 2 aliphatic heterocycles. The van der Waals surface area contributed by atoms with E-state index in [1.165, 1.54) is 51.9 Å². The van der Waals surface area contributed by atoms with Crippen LogP contribution in [0.25, 0.3) is 0 Å². The number of nitrogens with zero attached hydrogens (tertiary/aromatic N) is 1. The maximum atomic E-state index is 3.49. The van der Waals surface area contributed by atoms with Crippen molar-refractivity contribution in [1.29, 1.82) is 0 Å². The average Bonchev–Trinajstić information content (AvgIpc) is 2.57. The van der Waals surface area contributed by atoms with E-state index in [1.54, 1.807) is 0 Å². The lowest BCUT2D eigenvalue weighted by Crippen LogP contribution is -2.44. The molecule has 2 rings (SSSR count). The Morgan fingerprint density at radius 3 is 2.93 bits per heavy atom. The molecule has 0 aromatic heterocycles. The highest BCUT2D eigenvalue weighted by atomic mass is 15.2. The molecule has 2 heteroatoms. The van der Waals surface area contributed by atoms with Crippen LogP contribution in [-0.4, -0.2) is 37.1 Å². The highest BCUT2D eigenvalue weighted by Crippen LogP contribution is 2.28. The van der Waals surface area contributed by atoms with Crippen molar-refractivity contribution in [2.24, 2.45) is 5.41 Å². The third kappa shape index (κ3) is 2.29. The first kappa shape index (κ1) is 10.4. The van der Waals surface area contributed by atoms with Gasteiger partial charge in [-0.05, 0) is 44.7 Å². The fraction of sp³-hybridized carbons (Fsp3) is 1.00. The molecule has 2 aliphatic rings. The maximum Gasteiger partial charge on any atom is 0.00671 e. The summed E-state index contributed by atoms with van der Waals surface area (Å²) in [5, 5.41) is 3.49. The van der Waals surface area contributed by atoms with Crippen LogP contribution in [0.5, 0.6) is 0 Å². The number of rotatable bonds is 2. The smallest absolute Gasteiger partial charge is 0.00671 e. The summed E-state index contributed by atoms with van der Waals surface area (Å²) in [5.41, 5.74) is 0.547. The van der Waals surface area contributed by atoms with Gasteiger partial charge in [0.1, 0.15) is 0 Å². The summed E-state index contributed by atoms with van der Waals surface area (Å²) >= 11 is 0. The van der Waals surface area contributed by atoms with E-state index in [0.29, 0.717) is 5.41 Å². The van der Waals surface area contributed by atoms with Gasteiger partial charge in [0.15, 0.2) is 0 Å². The van der Waals surface area contributed by atoms with Crippen molar-refractivity contribution in [2.75, 3.05) is 26.2 Å². The molecule has 2 atom stereocenters. The predicted octanol–water partition coefficient (Wildman–Crippen LogP) is 1.86. The summed E-state index contributed by atoms with van der Waals surface area (Å²) in [6, 6.07) is 0.821. The molecular formula is C12H24N2. The normalized spacial score (nSPS) is 40.3. The zero-order valence-electron chi connectivity index (χ0n) is 9.68. The molecule has 0 aromatic carbocycles. The van der Waals surface area contributed by atoms with Crippen LogP contribution in [0.3, 0.4) is 0 Å². The monoisotopic (exact) mass is 196 g/mol. The minimum atomic E-state index is 0.547. The quantitative estimate of drug-likeness (QED) is 0.725. The van der Waals surface area contributed by atoms with Crippen LogP contribution in [0.4, 0.5) is 0 Å². The Balaban J connectivity index is 1.88. The number of likely N-dealkylation sites (tertiary alicyclic amines) is 1. The van der Waals surface area contributed by atoms with E-state index in [1.807, 2.05) is 0 Å². The fourth-order valence-corrected chi connectivity index (χ4v) is 2.89. The van der Waals surface area contributed by atoms with Crippen molar-refractivity contribution in [3.8, 4) is 0 Å². The summed E-state index contributed by atoms with van der Waals surface area (Å²) in [7, 11) is 0. The average molecular weight is 196 g/mol. The lowest BCUT2D eigenvalue weighted by molar-refractivity contribution is 0.105. The molecule has 2 saturated heterocycles. The molecule has 0 aromatic rings. The zero-order valence-corrected chi connectivity index (χ0v) is 9.68. The van der Waals surface area contributed by atoms with Gasteiger partial charge in [-0.1, -0.05) is 13.3 Å². The van der Waals surface area contributed by atoms with Gasteiger partial charge in [0.2, 0.25) is 0 Å². The maximum absolute atomic E-state index is 3.49. The molecule has 14 heavy (non-hydrogen) atoms. The van der Waals surface area contributed by atoms with Gasteiger partial charge in [-0.25, -0.2) is 0 Å². The van der Waals surface area contributed by atoms with Crippen molar-refractivity contribution < 1.29 is 0 Å². The molecule has 0 spiro atoms. The van der Waals surface area contributed by atoms with Gasteiger partial charge < -0.3 is 10.2 Å². The van der Waals surface area contributed by atoms with Crippen molar-refractivity contribution >= 4 is 0 Å². The molecule has 0 saturated carbocycles. The summed E-state index contributed by atoms with van der Waals surface area (Å²) < 4.78 is 0. The Morgan fingerprint density at radius 1 is 1.43 bits per heavy atom. The van der Waals surface area contributed by atoms with E-state index in [4.69, 9.17) is 0 Å². The lowest BCUT2D eigenvalue weighted by atomic mass is 9.87. The van der Waals surface area contributed by atoms with Crippen LogP contribution >= 0.6 is 0 Å². The molecule has 0 amide bonds. The summed E-state index contributed by atoms with van der Waals surface area (Å²) in [6.07, 6.45) is 5.61. The second-order valence-corrected chi connectivity index (χ2v) is 5.55. The van der Waals surface area contributed by atoms with Crippen molar-refractivity contribution in [1.82, 2.24) is 10.2 Å². The second-order valence-electron chi connectivity index (χ2n) is 5.55. The SMILES string of the molecule is CC1CCCCN1CC1(C)CCNC1. The first-order valence-electron chi connectivity index (χ1n) is 6.14. The summed E-state index contributed by atoms with van der Waals surface area (Å²) in [5.74, 6) is 0. The molecule has 0 bridgehead atoms. The summed E-state index contributed by atoms with van der Waals surface area (Å²) in [6.45, 7) is 9.91. The van der Waals surface area contributed by atoms with Gasteiger partial charge in [0, 0.05) is 19.1 Å². The zero-order chi connectivity index (χ0) is 10.0. The van der Waals surface area contributed by atoms with E-state index in [9.17, 15) is 0 Å². The van der Waals surface area contributed by atoms with E-state index in [0.717, 1.165) is 6.04 Å². The molecule has 2 unspecified atom stereocenters. The van der Waals surface area contributed by atoms with E-state index >= 15 is 0 Å². The number of hydrogen-bond acceptors (Lipinski definition) is 2. The topological polar surface area (TPSA) is 15.3 Å². The Kier molecular flexibility index (Phi) is 3.13. The highest BCUT2D eigenvalue weighted by Gasteiger charge is 2.32. The number of nitrogens with one attached hydrogen (secondary N) is 1. The minimum Gasteiger partial charge on any atom is -0.316 e. The van der Waals surface area contributed by atoms with Crippen molar-refractivity contribution in [2.45, 2.75) is 45.6 Å². The van der Waals surface area contributed by atoms with Crippen LogP contribution in [0.15, 0.2) is 0 Å². The number of hydrogen-bond donors (Lipinski definition) is 1. The number of piperidine rings is 1. The second kappa shape index (κ2) is 4.19. The fourth-order valence-electron chi connectivity index (χ4n) is 2.89. The van der Waals surface area contributed by atoms with Gasteiger partial charge in [-0.3, -0.25) is 0 Å². The van der Waals surface area contributed by atoms with Crippen LogP contribution in [0.2, 0.25) is 0 Å². The molecule has 0 aliphatic carbocycles. The van der Waals surface area contributed by atoms with E-state index in [-0.39, 0.29) is 0 Å². The van der Waals surface area contributed by atoms with Crippen LogP contribution in [-0.2, 0) is 0 Å². The third-order valence-electron chi connectivity index (χ3n) is 3.98. The van der Waals surface area contributed by atoms with E-state index in [2.05, 4.69) is 24.1 Å². The summed E-state index contributed by atoms with van der Waals surface area (Å²) in [4.78, 5) is 2.70.